The van der Waals surface area contributed by atoms with Gasteiger partial charge in [-0.25, -0.2) is 0 Å². The van der Waals surface area contributed by atoms with Crippen molar-refractivity contribution in [3.05, 3.63) is 0 Å². The second kappa shape index (κ2) is 19.5. The van der Waals surface area contributed by atoms with E-state index in [0.717, 1.165) is 38.5 Å². The average molecular weight is 417 g/mol. The molecule has 154 valence electrons. The number of carbonyl (C=O) groups excluding carboxylic acids is 2. The summed E-state index contributed by atoms with van der Waals surface area (Å²) in [4.78, 5) is 24.5. The number of unbranched alkanes of at least 4 members (excludes halogenated alkanes) is 2. The molecule has 0 N–H and O–H groups in total. The molecule has 27 heavy (non-hydrogen) atoms. The molecular weight excluding hydrogens is 383 g/mol. The summed E-state index contributed by atoms with van der Waals surface area (Å²) in [5.41, 5.74) is 0. The van der Waals surface area contributed by atoms with E-state index in [0.29, 0.717) is 24.9 Å². The Morgan fingerprint density at radius 2 is 1.44 bits per heavy atom. The van der Waals surface area contributed by atoms with Crippen LogP contribution in [0, 0.1) is 0 Å². The molecule has 0 aliphatic carbocycles. The minimum Gasteiger partial charge on any atom is -0.691 e. The Labute approximate surface area is 189 Å². The summed E-state index contributed by atoms with van der Waals surface area (Å²) >= 11 is 0.477. The van der Waals surface area contributed by atoms with E-state index >= 15 is 0 Å². The number of carbonyl (C=O) groups is 2. The largest absolute Gasteiger partial charge is 1.00 e. The fraction of sp³-hybridized carbons (Fsp3) is 0.889. The summed E-state index contributed by atoms with van der Waals surface area (Å²) in [5.74, 6) is -1.12. The van der Waals surface area contributed by atoms with Crippen molar-refractivity contribution in [2.75, 3.05) is 0 Å². The first kappa shape index (κ1) is 29.4. The molecule has 3 atom stereocenters. The molecule has 0 aliphatic rings. The van der Waals surface area contributed by atoms with E-state index in [1.165, 1.54) is 0 Å². The third-order valence-electron chi connectivity index (χ3n) is 4.05. The van der Waals surface area contributed by atoms with E-state index in [4.69, 9.17) is 9.47 Å². The first-order valence-corrected chi connectivity index (χ1v) is 10.3. The summed E-state index contributed by atoms with van der Waals surface area (Å²) in [7, 11) is 0. The van der Waals surface area contributed by atoms with Gasteiger partial charge in [0.15, 0.2) is 0 Å². The zero-order valence-corrected chi connectivity index (χ0v) is 20.2. The van der Waals surface area contributed by atoms with Gasteiger partial charge in [-0.2, -0.15) is 4.33 Å². The Morgan fingerprint density at radius 1 is 0.926 bits per heavy atom. The van der Waals surface area contributed by atoms with Crippen LogP contribution in [0.4, 0.5) is 0 Å². The van der Waals surface area contributed by atoms with Gasteiger partial charge in [-0.3, -0.25) is 14.6 Å². The summed E-state index contributed by atoms with van der Waals surface area (Å²) in [6.07, 6.45) is 6.24. The normalized spacial score (nSPS) is 14.0. The fourth-order valence-corrected chi connectivity index (χ4v) is 2.87. The van der Waals surface area contributed by atoms with E-state index in [-0.39, 0.29) is 48.2 Å². The average Bonchev–Trinajstić information content (AvgIpc) is 2.64. The van der Waals surface area contributed by atoms with Crippen LogP contribution in [0.5, 0.6) is 0 Å². The molecule has 0 aromatic carbocycles. The summed E-state index contributed by atoms with van der Waals surface area (Å²) < 4.78 is 15.1. The SMILES string of the molecule is CCCCC(CC)OC(=O)CC(SOO[O-])C(=O)OC(CC)CCCC.[Na+]. The minimum atomic E-state index is -1.00. The molecule has 0 radical (unpaired) electrons. The van der Waals surface area contributed by atoms with Crippen molar-refractivity contribution in [1.82, 2.24) is 0 Å². The van der Waals surface area contributed by atoms with Gasteiger partial charge in [-0.15, -0.1) is 0 Å². The van der Waals surface area contributed by atoms with E-state index < -0.39 is 17.2 Å². The summed E-state index contributed by atoms with van der Waals surface area (Å²) in [5, 5.41) is 12.4. The number of ether oxygens (including phenoxy) is 2. The van der Waals surface area contributed by atoms with Crippen molar-refractivity contribution >= 4 is 24.0 Å². The molecule has 0 rings (SSSR count). The van der Waals surface area contributed by atoms with Crippen LogP contribution in [0.15, 0.2) is 0 Å². The maximum Gasteiger partial charge on any atom is 1.00 e. The quantitative estimate of drug-likeness (QED) is 0.119. The molecule has 0 bridgehead atoms. The summed E-state index contributed by atoms with van der Waals surface area (Å²) in [6, 6.07) is 0. The molecule has 0 saturated carbocycles. The Kier molecular flexibility index (Phi) is 21.2. The van der Waals surface area contributed by atoms with Crippen LogP contribution in [-0.4, -0.2) is 29.4 Å². The zero-order valence-electron chi connectivity index (χ0n) is 17.4. The number of rotatable bonds is 16. The zero-order chi connectivity index (χ0) is 19.8. The van der Waals surface area contributed by atoms with Gasteiger partial charge in [0.25, 0.3) is 0 Å². The van der Waals surface area contributed by atoms with Gasteiger partial charge in [0.2, 0.25) is 0 Å². The fourth-order valence-electron chi connectivity index (χ4n) is 2.40. The van der Waals surface area contributed by atoms with Crippen LogP contribution in [0.3, 0.4) is 0 Å². The van der Waals surface area contributed by atoms with Gasteiger partial charge in [-0.05, 0) is 25.7 Å². The number of hydrogen-bond donors (Lipinski definition) is 0. The molecule has 9 heteroatoms. The van der Waals surface area contributed by atoms with E-state index in [1.807, 2.05) is 13.8 Å². The van der Waals surface area contributed by atoms with Gasteiger partial charge >= 0.3 is 41.5 Å². The van der Waals surface area contributed by atoms with Crippen molar-refractivity contribution < 1.29 is 63.2 Å². The Morgan fingerprint density at radius 3 is 1.89 bits per heavy atom. The number of hydrogen-bond acceptors (Lipinski definition) is 8. The third-order valence-corrected chi connectivity index (χ3v) is 4.77. The molecule has 0 spiro atoms. The molecule has 3 unspecified atom stereocenters. The van der Waals surface area contributed by atoms with Crippen molar-refractivity contribution in [2.45, 2.75) is 103 Å². The maximum absolute atomic E-state index is 12.4. The topological polar surface area (TPSA) is 94.1 Å². The summed E-state index contributed by atoms with van der Waals surface area (Å²) in [6.45, 7) is 8.01. The van der Waals surface area contributed by atoms with Gasteiger partial charge in [0.05, 0.1) is 6.42 Å². The van der Waals surface area contributed by atoms with Crippen molar-refractivity contribution in [2.24, 2.45) is 0 Å². The Hall–Kier alpha value is 0.170. The van der Waals surface area contributed by atoms with Crippen molar-refractivity contribution in [1.29, 1.82) is 0 Å². The van der Waals surface area contributed by atoms with Gasteiger partial charge in [0, 0.05) is 12.0 Å². The predicted octanol–water partition coefficient (Wildman–Crippen LogP) is 0.645. The molecule has 0 fully saturated rings. The first-order valence-electron chi connectivity index (χ1n) is 9.54. The monoisotopic (exact) mass is 416 g/mol. The van der Waals surface area contributed by atoms with Crippen LogP contribution in [-0.2, 0) is 28.4 Å². The molecule has 0 aliphatic heterocycles. The second-order valence-corrected chi connectivity index (χ2v) is 7.09. The second-order valence-electron chi connectivity index (χ2n) is 6.20. The molecule has 0 saturated heterocycles. The Balaban J connectivity index is 0. The van der Waals surface area contributed by atoms with Crippen LogP contribution < -0.4 is 34.8 Å². The van der Waals surface area contributed by atoms with E-state index in [2.05, 4.69) is 23.2 Å². The first-order chi connectivity index (χ1) is 12.5. The maximum atomic E-state index is 12.4. The van der Waals surface area contributed by atoms with Crippen LogP contribution in [0.25, 0.3) is 0 Å². The number of esters is 2. The Bertz CT molecular complexity index is 385. The van der Waals surface area contributed by atoms with Gasteiger partial charge < -0.3 is 14.7 Å². The molecule has 0 aromatic rings. The van der Waals surface area contributed by atoms with Crippen LogP contribution >= 0.6 is 12.0 Å². The minimum absolute atomic E-state index is 0. The molecule has 7 nitrogen and oxygen atoms in total. The van der Waals surface area contributed by atoms with Crippen molar-refractivity contribution in [3.63, 3.8) is 0 Å². The molecule has 0 heterocycles. The molecule has 0 aromatic heterocycles. The van der Waals surface area contributed by atoms with Gasteiger partial charge in [0.1, 0.15) is 17.5 Å². The van der Waals surface area contributed by atoms with E-state index in [1.54, 1.807) is 0 Å². The van der Waals surface area contributed by atoms with Gasteiger partial charge in [-0.1, -0.05) is 53.4 Å². The smallest absolute Gasteiger partial charge is 0.691 e. The van der Waals surface area contributed by atoms with Crippen LogP contribution in [0.2, 0.25) is 0 Å². The van der Waals surface area contributed by atoms with Crippen LogP contribution in [0.1, 0.15) is 85.5 Å². The third kappa shape index (κ3) is 14.8. The standard InChI is InChI=1S/C18H34O7S.Na/c1-5-9-11-14(7-3)22-17(19)13-16(26-25-24-21)18(20)23-15(8-4)12-10-6-2;/h14-16,21H,5-13H2,1-4H3;/q;+1/p-1. The molecular formula is C18H33NaO7S. The van der Waals surface area contributed by atoms with Crippen molar-refractivity contribution in [3.8, 4) is 0 Å². The molecule has 0 amide bonds. The predicted molar refractivity (Wildman–Crippen MR) is 97.6 cm³/mol. The van der Waals surface area contributed by atoms with E-state index in [9.17, 15) is 14.8 Å².